The van der Waals surface area contributed by atoms with Crippen LogP contribution in [0.5, 0.6) is 0 Å². The molecule has 0 unspecified atom stereocenters. The third-order valence-electron chi connectivity index (χ3n) is 6.91. The van der Waals surface area contributed by atoms with Gasteiger partial charge in [0.1, 0.15) is 5.52 Å². The third kappa shape index (κ3) is 6.16. The summed E-state index contributed by atoms with van der Waals surface area (Å²) in [6.07, 6.45) is 7.89. The van der Waals surface area contributed by atoms with Gasteiger partial charge in [0, 0.05) is 62.6 Å². The van der Waals surface area contributed by atoms with E-state index in [-0.39, 0.29) is 24.0 Å². The molecule has 2 aromatic rings. The number of nitrogens with zero attached hydrogens (tertiary/aromatic N) is 6. The molecule has 0 aromatic carbocycles. The Morgan fingerprint density at radius 1 is 1.14 bits per heavy atom. The lowest BCUT2D eigenvalue weighted by Crippen LogP contribution is -2.50. The first kappa shape index (κ1) is 25.9. The second kappa shape index (κ2) is 11.3. The van der Waals surface area contributed by atoms with E-state index in [4.69, 9.17) is 4.98 Å². The molecule has 2 saturated heterocycles. The Kier molecular flexibility index (Phi) is 8.13. The molecule has 2 aliphatic heterocycles. The normalized spacial score (nSPS) is 19.2. The molecule has 2 aliphatic rings. The maximum atomic E-state index is 12.9. The van der Waals surface area contributed by atoms with Crippen LogP contribution < -0.4 is 10.6 Å². The highest BCUT2D eigenvalue weighted by Crippen LogP contribution is 2.26. The Hall–Kier alpha value is -3.14. The van der Waals surface area contributed by atoms with Crippen LogP contribution in [0.4, 0.5) is 10.5 Å². The molecule has 2 aromatic heterocycles. The molecule has 10 heteroatoms. The molecule has 10 nitrogen and oxygen atoms in total. The molecule has 0 radical (unpaired) electrons. The van der Waals surface area contributed by atoms with E-state index in [2.05, 4.69) is 40.1 Å². The Balaban J connectivity index is 1.26. The van der Waals surface area contributed by atoms with E-state index in [0.717, 1.165) is 48.4 Å². The molecular formula is C26H40N8O2. The van der Waals surface area contributed by atoms with Crippen molar-refractivity contribution in [3.8, 4) is 0 Å². The number of hydrogen-bond donors (Lipinski definition) is 2. The van der Waals surface area contributed by atoms with Gasteiger partial charge in [0.25, 0.3) is 0 Å². The lowest BCUT2D eigenvalue weighted by Gasteiger charge is -2.33. The summed E-state index contributed by atoms with van der Waals surface area (Å²) in [5.41, 5.74) is 3.77. The zero-order chi connectivity index (χ0) is 25.8. The summed E-state index contributed by atoms with van der Waals surface area (Å²) in [5.74, 6) is 0.0131. The van der Waals surface area contributed by atoms with Crippen LogP contribution in [-0.4, -0.2) is 100 Å². The summed E-state index contributed by atoms with van der Waals surface area (Å²) in [4.78, 5) is 40.3. The smallest absolute Gasteiger partial charge is 0.317 e. The highest BCUT2D eigenvalue weighted by Gasteiger charge is 2.29. The molecule has 3 amide bonds. The first-order valence-corrected chi connectivity index (χ1v) is 13.0. The van der Waals surface area contributed by atoms with Gasteiger partial charge in [-0.1, -0.05) is 6.08 Å². The van der Waals surface area contributed by atoms with E-state index in [0.29, 0.717) is 32.2 Å². The summed E-state index contributed by atoms with van der Waals surface area (Å²) in [7, 11) is 3.94. The lowest BCUT2D eigenvalue weighted by molar-refractivity contribution is -0.125. The number of likely N-dealkylation sites (N-methyl/N-ethyl adjacent to an activating group) is 1. The fourth-order valence-electron chi connectivity index (χ4n) is 4.88. The minimum Gasteiger partial charge on any atom is -0.380 e. The molecule has 4 rings (SSSR count). The Morgan fingerprint density at radius 2 is 1.83 bits per heavy atom. The number of likely N-dealkylation sites (tertiary alicyclic amines) is 2. The summed E-state index contributed by atoms with van der Waals surface area (Å²) in [6.45, 7) is 9.63. The molecule has 1 atom stereocenters. The van der Waals surface area contributed by atoms with Crippen molar-refractivity contribution >= 4 is 28.8 Å². The first-order valence-electron chi connectivity index (χ1n) is 13.0. The van der Waals surface area contributed by atoms with Crippen LogP contribution in [0.1, 0.15) is 44.8 Å². The lowest BCUT2D eigenvalue weighted by atomic mass is 10.0. The maximum Gasteiger partial charge on any atom is 0.317 e. The predicted molar refractivity (Wildman–Crippen MR) is 142 cm³/mol. The fourth-order valence-corrected chi connectivity index (χ4v) is 4.88. The van der Waals surface area contributed by atoms with Gasteiger partial charge in [-0.2, -0.15) is 0 Å². The van der Waals surface area contributed by atoms with E-state index < -0.39 is 0 Å². The van der Waals surface area contributed by atoms with Crippen LogP contribution in [0, 0.1) is 6.92 Å². The predicted octanol–water partition coefficient (Wildman–Crippen LogP) is 2.63. The zero-order valence-corrected chi connectivity index (χ0v) is 22.2. The molecule has 36 heavy (non-hydrogen) atoms. The van der Waals surface area contributed by atoms with Gasteiger partial charge < -0.3 is 29.9 Å². The van der Waals surface area contributed by atoms with E-state index in [1.807, 2.05) is 48.1 Å². The molecule has 0 saturated carbocycles. The number of amides is 3. The van der Waals surface area contributed by atoms with Crippen molar-refractivity contribution in [2.24, 2.45) is 0 Å². The number of anilines is 1. The molecular weight excluding hydrogens is 456 g/mol. The van der Waals surface area contributed by atoms with Gasteiger partial charge in [-0.25, -0.2) is 14.8 Å². The van der Waals surface area contributed by atoms with Crippen LogP contribution in [0.15, 0.2) is 24.5 Å². The van der Waals surface area contributed by atoms with Crippen molar-refractivity contribution in [2.75, 3.05) is 52.1 Å². The number of piperidine rings is 1. The van der Waals surface area contributed by atoms with Gasteiger partial charge in [-0.05, 0) is 60.2 Å². The van der Waals surface area contributed by atoms with E-state index in [1.54, 1.807) is 6.08 Å². The zero-order valence-electron chi connectivity index (χ0n) is 22.2. The monoisotopic (exact) mass is 496 g/mol. The number of pyridine rings is 1. The summed E-state index contributed by atoms with van der Waals surface area (Å²) >= 11 is 0. The van der Waals surface area contributed by atoms with Crippen LogP contribution in [0.2, 0.25) is 0 Å². The number of carbonyl (C=O) groups excluding carboxylic acids is 2. The number of hydrogen-bond acceptors (Lipinski definition) is 6. The Labute approximate surface area is 213 Å². The molecule has 0 bridgehead atoms. The van der Waals surface area contributed by atoms with Crippen molar-refractivity contribution in [3.05, 3.63) is 30.2 Å². The average Bonchev–Trinajstić information content (AvgIpc) is 3.46. The molecule has 4 heterocycles. The molecule has 196 valence electrons. The summed E-state index contributed by atoms with van der Waals surface area (Å²) < 4.78 is 2.10. The van der Waals surface area contributed by atoms with Gasteiger partial charge in [-0.15, -0.1) is 0 Å². The highest BCUT2D eigenvalue weighted by atomic mass is 16.2. The fraction of sp³-hybridized carbons (Fsp3) is 0.615. The number of nitrogens with one attached hydrogen (secondary N) is 2. The van der Waals surface area contributed by atoms with E-state index >= 15 is 0 Å². The first-order chi connectivity index (χ1) is 17.2. The number of aryl methyl sites for hydroxylation is 1. The SMILES string of the molecule is Cc1cc(NC2CCN(C(=O)N[C@H]3CCN(C(=O)/C=C/CN(C)C)C3)CC2)c2ncn(C(C)C)c2n1. The molecule has 2 N–H and O–H groups in total. The van der Waals surface area contributed by atoms with Crippen molar-refractivity contribution in [1.29, 1.82) is 0 Å². The van der Waals surface area contributed by atoms with Crippen molar-refractivity contribution in [3.63, 3.8) is 0 Å². The van der Waals surface area contributed by atoms with Crippen LogP contribution >= 0.6 is 0 Å². The summed E-state index contributed by atoms with van der Waals surface area (Å²) in [6, 6.07) is 2.60. The second-order valence-electron chi connectivity index (χ2n) is 10.5. The topological polar surface area (TPSA) is 98.6 Å². The van der Waals surface area contributed by atoms with Crippen LogP contribution in [-0.2, 0) is 4.79 Å². The number of rotatable bonds is 7. The number of fused-ring (bicyclic) bond motifs is 1. The van der Waals surface area contributed by atoms with E-state index in [1.165, 1.54) is 0 Å². The number of carbonyl (C=O) groups is 2. The Bertz CT molecular complexity index is 1100. The van der Waals surface area contributed by atoms with Gasteiger partial charge in [-0.3, -0.25) is 4.79 Å². The van der Waals surface area contributed by atoms with Crippen LogP contribution in [0.25, 0.3) is 11.2 Å². The number of urea groups is 1. The maximum absolute atomic E-state index is 12.9. The van der Waals surface area contributed by atoms with Crippen molar-refractivity contribution < 1.29 is 9.59 Å². The van der Waals surface area contributed by atoms with Gasteiger partial charge in [0.2, 0.25) is 5.91 Å². The molecule has 2 fully saturated rings. The largest absolute Gasteiger partial charge is 0.380 e. The van der Waals surface area contributed by atoms with Crippen LogP contribution in [0.3, 0.4) is 0 Å². The van der Waals surface area contributed by atoms with Crippen molar-refractivity contribution in [2.45, 2.75) is 58.2 Å². The minimum atomic E-state index is -0.0336. The van der Waals surface area contributed by atoms with Gasteiger partial charge in [0.15, 0.2) is 5.65 Å². The van der Waals surface area contributed by atoms with Gasteiger partial charge >= 0.3 is 6.03 Å². The molecule has 0 aliphatic carbocycles. The third-order valence-corrected chi connectivity index (χ3v) is 6.91. The summed E-state index contributed by atoms with van der Waals surface area (Å²) in [5, 5.41) is 6.80. The number of aromatic nitrogens is 3. The van der Waals surface area contributed by atoms with Gasteiger partial charge in [0.05, 0.1) is 12.0 Å². The number of imidazole rings is 1. The Morgan fingerprint density at radius 3 is 2.53 bits per heavy atom. The van der Waals surface area contributed by atoms with E-state index in [9.17, 15) is 9.59 Å². The van der Waals surface area contributed by atoms with Crippen molar-refractivity contribution in [1.82, 2.24) is 34.6 Å². The standard InChI is InChI=1S/C26H40N8O2/c1-18(2)34-17-27-24-22(15-19(3)28-25(24)34)29-20-8-12-32(13-9-20)26(36)30-21-10-14-33(16-21)23(35)7-6-11-31(4)5/h6-7,15,17-18,20-21H,8-14,16H2,1-5H3,(H,28,29)(H,30,36)/b7-6+/t21-/m0/s1. The molecule has 0 spiro atoms. The second-order valence-corrected chi connectivity index (χ2v) is 10.5. The minimum absolute atomic E-state index is 0.00342. The highest BCUT2D eigenvalue weighted by molar-refractivity contribution is 5.88. The quantitative estimate of drug-likeness (QED) is 0.572. The average molecular weight is 497 g/mol.